The van der Waals surface area contributed by atoms with E-state index in [9.17, 15) is 4.79 Å². The van der Waals surface area contributed by atoms with Gasteiger partial charge in [0, 0.05) is 24.1 Å². The van der Waals surface area contributed by atoms with E-state index < -0.39 is 5.60 Å². The van der Waals surface area contributed by atoms with Gasteiger partial charge in [-0.05, 0) is 82.7 Å². The van der Waals surface area contributed by atoms with Crippen LogP contribution in [0, 0.1) is 5.41 Å². The van der Waals surface area contributed by atoms with Gasteiger partial charge in [-0.2, -0.15) is 0 Å². The number of benzene rings is 1. The first-order valence-corrected chi connectivity index (χ1v) is 10.5. The topological polar surface area (TPSA) is 32.8 Å². The van der Waals surface area contributed by atoms with Gasteiger partial charge in [0.15, 0.2) is 0 Å². The van der Waals surface area contributed by atoms with Crippen molar-refractivity contribution in [2.24, 2.45) is 5.41 Å². The van der Waals surface area contributed by atoms with Crippen molar-refractivity contribution in [3.63, 3.8) is 0 Å². The van der Waals surface area contributed by atoms with Gasteiger partial charge in [-0.1, -0.05) is 28.1 Å². The van der Waals surface area contributed by atoms with Crippen LogP contribution in [0.3, 0.4) is 0 Å². The van der Waals surface area contributed by atoms with E-state index >= 15 is 0 Å². The molecule has 1 spiro atoms. The van der Waals surface area contributed by atoms with E-state index in [0.717, 1.165) is 50.0 Å². The molecule has 0 radical (unpaired) electrons. The maximum Gasteiger partial charge on any atom is 0.410 e. The number of hydrogen-bond donors (Lipinski definition) is 0. The number of likely N-dealkylation sites (tertiary alicyclic amines) is 2. The Bertz CT molecular complexity index is 616. The van der Waals surface area contributed by atoms with Crippen molar-refractivity contribution in [1.29, 1.82) is 0 Å². The molecule has 4 nitrogen and oxygen atoms in total. The number of carbonyl (C=O) groups excluding carboxylic acids is 1. The molecule has 5 heteroatoms. The summed E-state index contributed by atoms with van der Waals surface area (Å²) in [5, 5.41) is 0. The summed E-state index contributed by atoms with van der Waals surface area (Å²) in [6.07, 6.45) is 4.45. The third-order valence-electron chi connectivity index (χ3n) is 5.64. The van der Waals surface area contributed by atoms with Crippen molar-refractivity contribution in [2.45, 2.75) is 52.1 Å². The van der Waals surface area contributed by atoms with Crippen molar-refractivity contribution in [1.82, 2.24) is 9.80 Å². The highest BCUT2D eigenvalue weighted by molar-refractivity contribution is 9.10. The molecule has 0 aromatic heterocycles. The van der Waals surface area contributed by atoms with Gasteiger partial charge in [0.25, 0.3) is 0 Å². The molecule has 1 amide bonds. The Morgan fingerprint density at radius 3 is 2.35 bits per heavy atom. The standard InChI is InChI=1S/C21H31BrN2O2/c1-20(2,3)26-19(25)24-15-11-21(16-24)9-13-23(14-10-21)12-8-17-4-6-18(22)7-5-17/h4-7H,8-16H2,1-3H3. The molecule has 1 aromatic rings. The maximum atomic E-state index is 12.3. The van der Waals surface area contributed by atoms with Crippen LogP contribution >= 0.6 is 15.9 Å². The molecular weight excluding hydrogens is 392 g/mol. The van der Waals surface area contributed by atoms with E-state index in [1.165, 1.54) is 18.4 Å². The molecule has 2 heterocycles. The summed E-state index contributed by atoms with van der Waals surface area (Å²) in [5.74, 6) is 0. The van der Waals surface area contributed by atoms with Crippen LogP contribution in [-0.4, -0.2) is 54.2 Å². The number of rotatable bonds is 3. The lowest BCUT2D eigenvalue weighted by Crippen LogP contribution is -2.43. The zero-order valence-electron chi connectivity index (χ0n) is 16.3. The minimum atomic E-state index is -0.413. The van der Waals surface area contributed by atoms with Crippen molar-refractivity contribution in [3.8, 4) is 0 Å². The van der Waals surface area contributed by atoms with Crippen LogP contribution in [0.5, 0.6) is 0 Å². The first kappa shape index (κ1) is 19.7. The summed E-state index contributed by atoms with van der Waals surface area (Å²) in [5.41, 5.74) is 1.29. The van der Waals surface area contributed by atoms with Crippen molar-refractivity contribution in [2.75, 3.05) is 32.7 Å². The predicted octanol–water partition coefficient (Wildman–Crippen LogP) is 4.71. The largest absolute Gasteiger partial charge is 0.444 e. The van der Waals surface area contributed by atoms with Gasteiger partial charge in [0.1, 0.15) is 5.60 Å². The third-order valence-corrected chi connectivity index (χ3v) is 6.17. The Balaban J connectivity index is 1.44. The molecule has 2 aliphatic rings. The monoisotopic (exact) mass is 422 g/mol. The Morgan fingerprint density at radius 2 is 1.73 bits per heavy atom. The Kier molecular flexibility index (Phi) is 5.97. The number of amides is 1. The van der Waals surface area contributed by atoms with Crippen LogP contribution in [0.2, 0.25) is 0 Å². The lowest BCUT2D eigenvalue weighted by molar-refractivity contribution is 0.0247. The number of nitrogens with zero attached hydrogens (tertiary/aromatic N) is 2. The highest BCUT2D eigenvalue weighted by atomic mass is 79.9. The molecule has 2 saturated heterocycles. The molecule has 2 fully saturated rings. The van der Waals surface area contributed by atoms with E-state index in [0.29, 0.717) is 5.41 Å². The minimum absolute atomic E-state index is 0.146. The fourth-order valence-electron chi connectivity index (χ4n) is 4.01. The second kappa shape index (κ2) is 7.89. The average Bonchev–Trinajstić information content (AvgIpc) is 2.99. The average molecular weight is 423 g/mol. The summed E-state index contributed by atoms with van der Waals surface area (Å²) < 4.78 is 6.68. The SMILES string of the molecule is CC(C)(C)OC(=O)N1CCC2(CCN(CCc3ccc(Br)cc3)CC2)C1. The molecule has 0 saturated carbocycles. The van der Waals surface area contributed by atoms with Crippen LogP contribution in [0.1, 0.15) is 45.6 Å². The molecule has 2 aliphatic heterocycles. The van der Waals surface area contributed by atoms with Crippen LogP contribution in [0.25, 0.3) is 0 Å². The van der Waals surface area contributed by atoms with Gasteiger partial charge in [-0.25, -0.2) is 4.79 Å². The maximum absolute atomic E-state index is 12.3. The zero-order chi connectivity index (χ0) is 18.8. The van der Waals surface area contributed by atoms with Gasteiger partial charge in [-0.3, -0.25) is 0 Å². The first-order chi connectivity index (χ1) is 12.2. The lowest BCUT2D eigenvalue weighted by atomic mass is 9.78. The van der Waals surface area contributed by atoms with Gasteiger partial charge < -0.3 is 14.5 Å². The van der Waals surface area contributed by atoms with Crippen molar-refractivity contribution >= 4 is 22.0 Å². The smallest absolute Gasteiger partial charge is 0.410 e. The highest BCUT2D eigenvalue weighted by Gasteiger charge is 2.42. The van der Waals surface area contributed by atoms with E-state index in [1.54, 1.807) is 0 Å². The minimum Gasteiger partial charge on any atom is -0.444 e. The van der Waals surface area contributed by atoms with Crippen molar-refractivity contribution in [3.05, 3.63) is 34.3 Å². The van der Waals surface area contributed by atoms with Crippen molar-refractivity contribution < 1.29 is 9.53 Å². The van der Waals surface area contributed by atoms with Crippen LogP contribution in [0.4, 0.5) is 4.79 Å². The van der Waals surface area contributed by atoms with Gasteiger partial charge in [0.05, 0.1) is 0 Å². The van der Waals surface area contributed by atoms with Gasteiger partial charge >= 0.3 is 6.09 Å². The van der Waals surface area contributed by atoms with E-state index in [-0.39, 0.29) is 6.09 Å². The molecule has 0 N–H and O–H groups in total. The van der Waals surface area contributed by atoms with Crippen LogP contribution in [0.15, 0.2) is 28.7 Å². The number of carbonyl (C=O) groups is 1. The number of hydrogen-bond acceptors (Lipinski definition) is 3. The summed E-state index contributed by atoms with van der Waals surface area (Å²) in [7, 11) is 0. The normalized spacial score (nSPS) is 20.5. The molecular formula is C21H31BrN2O2. The van der Waals surface area contributed by atoms with E-state index in [1.807, 2.05) is 25.7 Å². The van der Waals surface area contributed by atoms with E-state index in [2.05, 4.69) is 45.1 Å². The fourth-order valence-corrected chi connectivity index (χ4v) is 4.28. The predicted molar refractivity (Wildman–Crippen MR) is 108 cm³/mol. The Morgan fingerprint density at radius 1 is 1.12 bits per heavy atom. The van der Waals surface area contributed by atoms with Crippen LogP contribution < -0.4 is 0 Å². The summed E-state index contributed by atoms with van der Waals surface area (Å²) in [6.45, 7) is 10.9. The summed E-state index contributed by atoms with van der Waals surface area (Å²) in [6, 6.07) is 8.63. The fraction of sp³-hybridized carbons (Fsp3) is 0.667. The quantitative estimate of drug-likeness (QED) is 0.706. The Labute approximate surface area is 166 Å². The Hall–Kier alpha value is -1.07. The lowest BCUT2D eigenvalue weighted by Gasteiger charge is -2.39. The highest BCUT2D eigenvalue weighted by Crippen LogP contribution is 2.40. The summed E-state index contributed by atoms with van der Waals surface area (Å²) >= 11 is 3.49. The second-order valence-corrected chi connectivity index (χ2v) is 9.79. The molecule has 144 valence electrons. The molecule has 3 rings (SSSR count). The van der Waals surface area contributed by atoms with E-state index in [4.69, 9.17) is 4.74 Å². The van der Waals surface area contributed by atoms with Crippen LogP contribution in [-0.2, 0) is 11.2 Å². The van der Waals surface area contributed by atoms with Gasteiger partial charge in [0.2, 0.25) is 0 Å². The number of piperidine rings is 1. The molecule has 26 heavy (non-hydrogen) atoms. The molecule has 1 aromatic carbocycles. The third kappa shape index (κ3) is 5.23. The number of ether oxygens (including phenoxy) is 1. The number of halogens is 1. The first-order valence-electron chi connectivity index (χ1n) is 9.70. The molecule has 0 bridgehead atoms. The second-order valence-electron chi connectivity index (χ2n) is 8.87. The molecule has 0 aliphatic carbocycles. The molecule has 0 unspecified atom stereocenters. The van der Waals surface area contributed by atoms with Gasteiger partial charge in [-0.15, -0.1) is 0 Å². The summed E-state index contributed by atoms with van der Waals surface area (Å²) in [4.78, 5) is 16.8. The molecule has 0 atom stereocenters. The zero-order valence-corrected chi connectivity index (χ0v) is 17.8.